The molecule has 0 amide bonds. The van der Waals surface area contributed by atoms with Crippen LogP contribution in [0.3, 0.4) is 0 Å². The molecule has 0 fully saturated rings. The van der Waals surface area contributed by atoms with Gasteiger partial charge in [-0.15, -0.1) is 0 Å². The van der Waals surface area contributed by atoms with E-state index in [4.69, 9.17) is 21.1 Å². The molecular formula is C16H16ClNO4S. The Morgan fingerprint density at radius 2 is 1.70 bits per heavy atom. The number of benzene rings is 2. The molecule has 0 radical (unpaired) electrons. The van der Waals surface area contributed by atoms with Crippen molar-refractivity contribution in [1.82, 2.24) is 4.72 Å². The molecule has 1 aliphatic rings. The Balaban J connectivity index is 1.54. The molecule has 7 heteroatoms. The van der Waals surface area contributed by atoms with E-state index in [1.807, 2.05) is 18.2 Å². The molecule has 0 bridgehead atoms. The molecule has 0 unspecified atom stereocenters. The summed E-state index contributed by atoms with van der Waals surface area (Å²) in [5.41, 5.74) is 1.69. The number of hydrogen-bond donors (Lipinski definition) is 1. The zero-order valence-corrected chi connectivity index (χ0v) is 13.9. The zero-order chi connectivity index (χ0) is 16.3. The maximum atomic E-state index is 12.1. The highest BCUT2D eigenvalue weighted by molar-refractivity contribution is 7.88. The highest BCUT2D eigenvalue weighted by Crippen LogP contribution is 2.32. The van der Waals surface area contributed by atoms with Crippen LogP contribution in [0.5, 0.6) is 11.5 Å². The lowest BCUT2D eigenvalue weighted by Gasteiger charge is -2.07. The lowest BCUT2D eigenvalue weighted by atomic mass is 10.1. The van der Waals surface area contributed by atoms with E-state index < -0.39 is 10.0 Å². The molecule has 0 aliphatic carbocycles. The summed E-state index contributed by atoms with van der Waals surface area (Å²) in [5, 5.41) is 0.585. The van der Waals surface area contributed by atoms with Gasteiger partial charge in [-0.1, -0.05) is 29.8 Å². The first-order chi connectivity index (χ1) is 11.0. The highest BCUT2D eigenvalue weighted by Gasteiger charge is 2.14. The number of fused-ring (bicyclic) bond motifs is 1. The Hall–Kier alpha value is -1.76. The predicted molar refractivity (Wildman–Crippen MR) is 88.3 cm³/mol. The molecule has 3 rings (SSSR count). The SMILES string of the molecule is O=S(=O)(Cc1ccc(Cl)cc1)NCCc1ccc2c(c1)OCO2. The Kier molecular flexibility index (Phi) is 4.75. The summed E-state index contributed by atoms with van der Waals surface area (Å²) in [4.78, 5) is 0. The van der Waals surface area contributed by atoms with Gasteiger partial charge in [-0.25, -0.2) is 13.1 Å². The summed E-state index contributed by atoms with van der Waals surface area (Å²) in [6, 6.07) is 12.4. The first kappa shape index (κ1) is 16.1. The van der Waals surface area contributed by atoms with Crippen molar-refractivity contribution in [2.75, 3.05) is 13.3 Å². The van der Waals surface area contributed by atoms with E-state index >= 15 is 0 Å². The molecule has 1 aliphatic heterocycles. The molecule has 122 valence electrons. The van der Waals surface area contributed by atoms with Gasteiger partial charge >= 0.3 is 0 Å². The molecule has 0 saturated heterocycles. The van der Waals surface area contributed by atoms with Crippen LogP contribution in [-0.2, 0) is 22.2 Å². The van der Waals surface area contributed by atoms with E-state index in [0.29, 0.717) is 29.3 Å². The Morgan fingerprint density at radius 3 is 2.48 bits per heavy atom. The van der Waals surface area contributed by atoms with Gasteiger partial charge in [0.25, 0.3) is 0 Å². The average Bonchev–Trinajstić information content (AvgIpc) is 2.97. The number of nitrogens with one attached hydrogen (secondary N) is 1. The van der Waals surface area contributed by atoms with E-state index in [1.165, 1.54) is 0 Å². The second-order valence-corrected chi connectivity index (χ2v) is 7.46. The van der Waals surface area contributed by atoms with Crippen LogP contribution >= 0.6 is 11.6 Å². The summed E-state index contributed by atoms with van der Waals surface area (Å²) in [6.45, 7) is 0.558. The summed E-state index contributed by atoms with van der Waals surface area (Å²) in [7, 11) is -3.38. The van der Waals surface area contributed by atoms with Crippen LogP contribution in [0.4, 0.5) is 0 Å². The van der Waals surface area contributed by atoms with Crippen molar-refractivity contribution in [2.45, 2.75) is 12.2 Å². The van der Waals surface area contributed by atoms with E-state index in [9.17, 15) is 8.42 Å². The van der Waals surface area contributed by atoms with Crippen molar-refractivity contribution in [1.29, 1.82) is 0 Å². The third-order valence-corrected chi connectivity index (χ3v) is 5.05. The van der Waals surface area contributed by atoms with Crippen LogP contribution in [0.2, 0.25) is 5.02 Å². The van der Waals surface area contributed by atoms with Gasteiger partial charge in [0.1, 0.15) is 0 Å². The van der Waals surface area contributed by atoms with Gasteiger partial charge < -0.3 is 9.47 Å². The van der Waals surface area contributed by atoms with Crippen molar-refractivity contribution >= 4 is 21.6 Å². The smallest absolute Gasteiger partial charge is 0.231 e. The second-order valence-electron chi connectivity index (χ2n) is 5.22. The van der Waals surface area contributed by atoms with E-state index in [0.717, 1.165) is 11.3 Å². The minimum Gasteiger partial charge on any atom is -0.454 e. The van der Waals surface area contributed by atoms with Gasteiger partial charge in [0.2, 0.25) is 16.8 Å². The van der Waals surface area contributed by atoms with Crippen LogP contribution in [0.1, 0.15) is 11.1 Å². The Labute approximate surface area is 140 Å². The normalized spacial score (nSPS) is 13.3. The number of halogens is 1. The second kappa shape index (κ2) is 6.78. The number of rotatable bonds is 6. The van der Waals surface area contributed by atoms with Crippen LogP contribution in [-0.4, -0.2) is 21.8 Å². The van der Waals surface area contributed by atoms with Gasteiger partial charge in [-0.2, -0.15) is 0 Å². The summed E-state index contributed by atoms with van der Waals surface area (Å²) in [6.07, 6.45) is 0.580. The largest absolute Gasteiger partial charge is 0.454 e. The summed E-state index contributed by atoms with van der Waals surface area (Å²) >= 11 is 5.79. The monoisotopic (exact) mass is 353 g/mol. The molecule has 2 aromatic carbocycles. The fourth-order valence-corrected chi connectivity index (χ4v) is 3.57. The first-order valence-corrected chi connectivity index (χ1v) is 9.15. The number of sulfonamides is 1. The van der Waals surface area contributed by atoms with Crippen molar-refractivity contribution in [3.05, 3.63) is 58.6 Å². The highest BCUT2D eigenvalue weighted by atomic mass is 35.5. The summed E-state index contributed by atoms with van der Waals surface area (Å²) < 4.78 is 37.3. The van der Waals surface area contributed by atoms with Gasteiger partial charge in [-0.3, -0.25) is 0 Å². The van der Waals surface area contributed by atoms with E-state index in [-0.39, 0.29) is 12.5 Å². The first-order valence-electron chi connectivity index (χ1n) is 7.12. The maximum Gasteiger partial charge on any atom is 0.231 e. The lowest BCUT2D eigenvalue weighted by molar-refractivity contribution is 0.174. The minimum absolute atomic E-state index is 0.0642. The molecule has 0 spiro atoms. The molecule has 0 aromatic heterocycles. The lowest BCUT2D eigenvalue weighted by Crippen LogP contribution is -2.27. The molecule has 2 aromatic rings. The van der Waals surface area contributed by atoms with Gasteiger partial charge in [0, 0.05) is 11.6 Å². The van der Waals surface area contributed by atoms with Gasteiger partial charge in [-0.05, 0) is 41.8 Å². The number of ether oxygens (including phenoxy) is 2. The molecular weight excluding hydrogens is 338 g/mol. The fraction of sp³-hybridized carbons (Fsp3) is 0.250. The van der Waals surface area contributed by atoms with Crippen molar-refractivity contribution in [3.8, 4) is 11.5 Å². The van der Waals surface area contributed by atoms with Crippen molar-refractivity contribution in [3.63, 3.8) is 0 Å². The predicted octanol–water partition coefficient (Wildman–Crippen LogP) is 2.73. The quantitative estimate of drug-likeness (QED) is 0.867. The third kappa shape index (κ3) is 4.37. The third-order valence-electron chi connectivity index (χ3n) is 3.44. The zero-order valence-electron chi connectivity index (χ0n) is 12.3. The molecule has 1 heterocycles. The molecule has 0 saturated carbocycles. The Morgan fingerprint density at radius 1 is 1.00 bits per heavy atom. The topological polar surface area (TPSA) is 64.6 Å². The standard InChI is InChI=1S/C16H16ClNO4S/c17-14-4-1-13(2-5-14)10-23(19,20)18-8-7-12-3-6-15-16(9-12)22-11-21-15/h1-6,9,18H,7-8,10-11H2. The van der Waals surface area contributed by atoms with Gasteiger partial charge in [0.15, 0.2) is 11.5 Å². The minimum atomic E-state index is -3.38. The summed E-state index contributed by atoms with van der Waals surface area (Å²) in [5.74, 6) is 1.36. The van der Waals surface area contributed by atoms with Gasteiger partial charge in [0.05, 0.1) is 5.75 Å². The maximum absolute atomic E-state index is 12.1. The van der Waals surface area contributed by atoms with Crippen LogP contribution in [0.25, 0.3) is 0 Å². The van der Waals surface area contributed by atoms with E-state index in [2.05, 4.69) is 4.72 Å². The fourth-order valence-electron chi connectivity index (χ4n) is 2.30. The Bertz CT molecular complexity index is 790. The average molecular weight is 354 g/mol. The number of hydrogen-bond acceptors (Lipinski definition) is 4. The molecule has 0 atom stereocenters. The molecule has 5 nitrogen and oxygen atoms in total. The van der Waals surface area contributed by atoms with Crippen molar-refractivity contribution in [2.24, 2.45) is 0 Å². The van der Waals surface area contributed by atoms with E-state index in [1.54, 1.807) is 24.3 Å². The van der Waals surface area contributed by atoms with Crippen molar-refractivity contribution < 1.29 is 17.9 Å². The van der Waals surface area contributed by atoms with Crippen LogP contribution < -0.4 is 14.2 Å². The van der Waals surface area contributed by atoms with Crippen LogP contribution in [0.15, 0.2) is 42.5 Å². The van der Waals surface area contributed by atoms with Crippen LogP contribution in [0, 0.1) is 0 Å². The molecule has 23 heavy (non-hydrogen) atoms. The molecule has 1 N–H and O–H groups in total.